The highest BCUT2D eigenvalue weighted by molar-refractivity contribution is 5.80. The Balaban J connectivity index is 2.70. The number of aliphatic hydroxyl groups is 2. The van der Waals surface area contributed by atoms with Crippen LogP contribution in [-0.2, 0) is 14.3 Å². The molecule has 1 aliphatic heterocycles. The number of ether oxygens (including phenoxy) is 2. The van der Waals surface area contributed by atoms with Gasteiger partial charge in [0.1, 0.15) is 24.4 Å². The van der Waals surface area contributed by atoms with Gasteiger partial charge in [0.2, 0.25) is 0 Å². The second kappa shape index (κ2) is 6.53. The third kappa shape index (κ3) is 4.13. The average molecular weight is 263 g/mol. The summed E-state index contributed by atoms with van der Waals surface area (Å²) in [5.74, 6) is -0.804. The summed E-state index contributed by atoms with van der Waals surface area (Å²) >= 11 is 0. The largest absolute Gasteiger partial charge is 0.465 e. The van der Waals surface area contributed by atoms with Crippen LogP contribution in [0.5, 0.6) is 0 Å². The van der Waals surface area contributed by atoms with Crippen LogP contribution in [0.15, 0.2) is 0 Å². The summed E-state index contributed by atoms with van der Waals surface area (Å²) in [6.45, 7) is 1.37. The summed E-state index contributed by atoms with van der Waals surface area (Å²) in [6, 6.07) is -1.05. The van der Waals surface area contributed by atoms with E-state index in [2.05, 4.69) is 0 Å². The highest BCUT2D eigenvalue weighted by atomic mass is 16.6. The molecule has 4 N–H and O–H groups in total. The van der Waals surface area contributed by atoms with E-state index in [1.54, 1.807) is 0 Å². The highest BCUT2D eigenvalue weighted by Crippen LogP contribution is 2.10. The molecule has 8 nitrogen and oxygen atoms in total. The van der Waals surface area contributed by atoms with E-state index in [9.17, 15) is 19.8 Å². The third-order valence-electron chi connectivity index (χ3n) is 2.60. The van der Waals surface area contributed by atoms with Crippen molar-refractivity contribution in [3.8, 4) is 0 Å². The number of aliphatic hydroxyl groups excluding tert-OH is 2. The monoisotopic (exact) mass is 263 g/mol. The molecule has 0 saturated carbocycles. The quantitative estimate of drug-likeness (QED) is 0.433. The van der Waals surface area contributed by atoms with Crippen LogP contribution in [0.25, 0.3) is 0 Å². The van der Waals surface area contributed by atoms with E-state index in [0.717, 1.165) is 0 Å². The Kier molecular flexibility index (Phi) is 5.32. The molecular weight excluding hydrogens is 246 g/mol. The molecule has 1 saturated heterocycles. The van der Waals surface area contributed by atoms with Gasteiger partial charge in [-0.2, -0.15) is 0 Å². The Bertz CT molecular complexity index is 309. The maximum atomic E-state index is 11.6. The van der Waals surface area contributed by atoms with Crippen molar-refractivity contribution in [2.45, 2.75) is 37.7 Å². The molecule has 0 aromatic heterocycles. The Morgan fingerprint density at radius 2 is 2.11 bits per heavy atom. The molecule has 0 unspecified atom stereocenters. The number of carbonyl (C=O) groups is 2. The van der Waals surface area contributed by atoms with Crippen molar-refractivity contribution in [3.63, 3.8) is 0 Å². The van der Waals surface area contributed by atoms with Gasteiger partial charge in [0, 0.05) is 13.0 Å². The number of carboxylic acid groups (broad SMARTS) is 1. The normalized spacial score (nSPS) is 34.5. The fourth-order valence-corrected chi connectivity index (χ4v) is 1.55. The molecule has 1 rings (SSSR count). The van der Waals surface area contributed by atoms with Gasteiger partial charge in [0.05, 0.1) is 6.61 Å². The standard InChI is InChI=1S/C10H17NO7/c1-5-8(13)7(12)4-17-3-2-6(9(14)18-5)11-10(15)16/h5-8,11-13H,2-4H2,1H3,(H,15,16)/t5-,6-,7-,8-/m0/s1. The average Bonchev–Trinajstić information content (AvgIpc) is 2.29. The van der Waals surface area contributed by atoms with E-state index in [-0.39, 0.29) is 19.6 Å². The molecule has 104 valence electrons. The first-order valence-corrected chi connectivity index (χ1v) is 5.55. The number of carbonyl (C=O) groups excluding carboxylic acids is 1. The van der Waals surface area contributed by atoms with E-state index >= 15 is 0 Å². The zero-order valence-electron chi connectivity index (χ0n) is 9.91. The maximum Gasteiger partial charge on any atom is 0.405 e. The second-order valence-electron chi connectivity index (χ2n) is 4.07. The van der Waals surface area contributed by atoms with Crippen LogP contribution in [0.4, 0.5) is 4.79 Å². The lowest BCUT2D eigenvalue weighted by atomic mass is 10.1. The van der Waals surface area contributed by atoms with Crippen LogP contribution in [0.2, 0.25) is 0 Å². The topological polar surface area (TPSA) is 125 Å². The van der Waals surface area contributed by atoms with Crippen molar-refractivity contribution >= 4 is 12.1 Å². The summed E-state index contributed by atoms with van der Waals surface area (Å²) in [5.41, 5.74) is 0. The zero-order valence-corrected chi connectivity index (χ0v) is 9.91. The minimum Gasteiger partial charge on any atom is -0.465 e. The van der Waals surface area contributed by atoms with Gasteiger partial charge in [-0.15, -0.1) is 0 Å². The van der Waals surface area contributed by atoms with Crippen LogP contribution >= 0.6 is 0 Å². The maximum absolute atomic E-state index is 11.6. The van der Waals surface area contributed by atoms with Gasteiger partial charge in [-0.05, 0) is 6.92 Å². The number of nitrogens with one attached hydrogen (secondary N) is 1. The summed E-state index contributed by atoms with van der Waals surface area (Å²) in [4.78, 5) is 22.1. The van der Waals surface area contributed by atoms with Gasteiger partial charge in [0.15, 0.2) is 0 Å². The molecule has 4 atom stereocenters. The van der Waals surface area contributed by atoms with Gasteiger partial charge in [0.25, 0.3) is 0 Å². The lowest BCUT2D eigenvalue weighted by Crippen LogP contribution is -2.48. The number of amides is 1. The van der Waals surface area contributed by atoms with Crippen LogP contribution in [-0.4, -0.2) is 64.9 Å². The van der Waals surface area contributed by atoms with Crippen LogP contribution in [0.1, 0.15) is 13.3 Å². The van der Waals surface area contributed by atoms with Gasteiger partial charge in [-0.1, -0.05) is 0 Å². The fourth-order valence-electron chi connectivity index (χ4n) is 1.55. The highest BCUT2D eigenvalue weighted by Gasteiger charge is 2.31. The third-order valence-corrected chi connectivity index (χ3v) is 2.60. The molecule has 0 bridgehead atoms. The lowest BCUT2D eigenvalue weighted by Gasteiger charge is -2.27. The molecule has 0 aromatic carbocycles. The molecule has 0 aliphatic carbocycles. The van der Waals surface area contributed by atoms with E-state index < -0.39 is 36.4 Å². The summed E-state index contributed by atoms with van der Waals surface area (Å²) in [6.07, 6.45) is -4.63. The first-order chi connectivity index (χ1) is 8.41. The van der Waals surface area contributed by atoms with Crippen LogP contribution < -0.4 is 5.32 Å². The van der Waals surface area contributed by atoms with Gasteiger partial charge >= 0.3 is 12.1 Å². The number of rotatable bonds is 1. The molecular formula is C10H17NO7. The van der Waals surface area contributed by atoms with Crippen molar-refractivity contribution in [3.05, 3.63) is 0 Å². The van der Waals surface area contributed by atoms with Crippen molar-refractivity contribution in [2.24, 2.45) is 0 Å². The number of esters is 1. The van der Waals surface area contributed by atoms with Crippen molar-refractivity contribution < 1.29 is 34.4 Å². The van der Waals surface area contributed by atoms with Crippen LogP contribution in [0.3, 0.4) is 0 Å². The molecule has 18 heavy (non-hydrogen) atoms. The van der Waals surface area contributed by atoms with E-state index in [1.165, 1.54) is 6.92 Å². The first kappa shape index (κ1) is 14.7. The van der Waals surface area contributed by atoms with E-state index in [1.807, 2.05) is 5.32 Å². The number of hydrogen-bond acceptors (Lipinski definition) is 6. The molecule has 1 fully saturated rings. The number of hydrogen-bond donors (Lipinski definition) is 4. The molecule has 1 amide bonds. The van der Waals surface area contributed by atoms with Crippen LogP contribution in [0, 0.1) is 0 Å². The van der Waals surface area contributed by atoms with E-state index in [0.29, 0.717) is 0 Å². The number of cyclic esters (lactones) is 1. The van der Waals surface area contributed by atoms with E-state index in [4.69, 9.17) is 14.6 Å². The first-order valence-electron chi connectivity index (χ1n) is 5.55. The fraction of sp³-hybridized carbons (Fsp3) is 0.800. The Labute approximate surface area is 104 Å². The SMILES string of the molecule is C[C@@H]1OC(=O)[C@@H](NC(=O)O)CCOC[C@H](O)[C@H]1O. The molecule has 0 spiro atoms. The summed E-state index contributed by atoms with van der Waals surface area (Å²) in [7, 11) is 0. The lowest BCUT2D eigenvalue weighted by molar-refractivity contribution is -0.165. The second-order valence-corrected chi connectivity index (χ2v) is 4.07. The van der Waals surface area contributed by atoms with Crippen molar-refractivity contribution in [1.29, 1.82) is 0 Å². The molecule has 0 aromatic rings. The zero-order chi connectivity index (χ0) is 13.7. The minimum absolute atomic E-state index is 0.0677. The summed E-state index contributed by atoms with van der Waals surface area (Å²) in [5, 5.41) is 29.7. The molecule has 1 aliphatic rings. The predicted octanol–water partition coefficient (Wildman–Crippen LogP) is -1.30. The summed E-state index contributed by atoms with van der Waals surface area (Å²) < 4.78 is 9.94. The Hall–Kier alpha value is -1.38. The minimum atomic E-state index is -1.35. The molecule has 1 heterocycles. The molecule has 8 heteroatoms. The van der Waals surface area contributed by atoms with Crippen molar-refractivity contribution in [1.82, 2.24) is 5.32 Å². The Morgan fingerprint density at radius 3 is 2.72 bits per heavy atom. The van der Waals surface area contributed by atoms with Gasteiger partial charge < -0.3 is 30.1 Å². The van der Waals surface area contributed by atoms with Gasteiger partial charge in [-0.3, -0.25) is 0 Å². The smallest absolute Gasteiger partial charge is 0.405 e. The molecule has 0 radical (unpaired) electrons. The van der Waals surface area contributed by atoms with Crippen molar-refractivity contribution in [2.75, 3.05) is 13.2 Å². The predicted molar refractivity (Wildman–Crippen MR) is 58.0 cm³/mol. The Morgan fingerprint density at radius 1 is 1.44 bits per heavy atom. The van der Waals surface area contributed by atoms with Gasteiger partial charge in [-0.25, -0.2) is 9.59 Å².